The number of nitrogens with zero attached hydrogens (tertiary/aromatic N) is 2. The minimum atomic E-state index is -0.734. The Morgan fingerprint density at radius 2 is 2.00 bits per heavy atom. The van der Waals surface area contributed by atoms with Crippen molar-refractivity contribution in [2.75, 3.05) is 26.2 Å². The Kier molecular flexibility index (Phi) is 6.14. The van der Waals surface area contributed by atoms with E-state index in [4.69, 9.17) is 0 Å². The van der Waals surface area contributed by atoms with Crippen LogP contribution in [0.5, 0.6) is 0 Å². The van der Waals surface area contributed by atoms with E-state index in [9.17, 15) is 10.1 Å². The number of hydrogen-bond donors (Lipinski definition) is 1. The average Bonchev–Trinajstić information content (AvgIpc) is 2.87. The summed E-state index contributed by atoms with van der Waals surface area (Å²) in [6.07, 6.45) is 4.57. The smallest absolute Gasteiger partial charge is 0.240 e. The SMILES string of the molecule is CCCN(CC)CCNC(=O)C1(C#N)CCCC1. The first-order valence-corrected chi connectivity index (χ1v) is 7.10. The van der Waals surface area contributed by atoms with Crippen LogP contribution in [-0.4, -0.2) is 37.0 Å². The number of nitrogens with one attached hydrogen (secondary N) is 1. The molecule has 4 heteroatoms. The molecule has 1 amide bonds. The normalized spacial score (nSPS) is 17.7. The third-order valence-electron chi connectivity index (χ3n) is 3.81. The molecule has 1 aliphatic carbocycles. The highest BCUT2D eigenvalue weighted by Gasteiger charge is 2.41. The molecule has 0 saturated heterocycles. The van der Waals surface area contributed by atoms with E-state index in [0.717, 1.165) is 51.7 Å². The number of nitriles is 1. The summed E-state index contributed by atoms with van der Waals surface area (Å²) >= 11 is 0. The topological polar surface area (TPSA) is 56.1 Å². The van der Waals surface area contributed by atoms with Crippen molar-refractivity contribution >= 4 is 5.91 Å². The largest absolute Gasteiger partial charge is 0.353 e. The molecule has 0 spiro atoms. The van der Waals surface area contributed by atoms with Crippen LogP contribution in [-0.2, 0) is 4.79 Å². The Labute approximate surface area is 110 Å². The molecule has 1 N–H and O–H groups in total. The summed E-state index contributed by atoms with van der Waals surface area (Å²) in [6.45, 7) is 7.88. The molecule has 1 aliphatic rings. The lowest BCUT2D eigenvalue weighted by molar-refractivity contribution is -0.128. The van der Waals surface area contributed by atoms with Gasteiger partial charge in [-0.1, -0.05) is 26.7 Å². The van der Waals surface area contributed by atoms with Gasteiger partial charge in [0, 0.05) is 13.1 Å². The minimum absolute atomic E-state index is 0.0601. The van der Waals surface area contributed by atoms with Gasteiger partial charge in [-0.3, -0.25) is 4.79 Å². The second kappa shape index (κ2) is 7.38. The summed E-state index contributed by atoms with van der Waals surface area (Å²) in [4.78, 5) is 14.4. The monoisotopic (exact) mass is 251 g/mol. The van der Waals surface area contributed by atoms with Crippen molar-refractivity contribution in [3.8, 4) is 6.07 Å². The number of amides is 1. The molecular weight excluding hydrogens is 226 g/mol. The van der Waals surface area contributed by atoms with Gasteiger partial charge in [-0.05, 0) is 32.4 Å². The lowest BCUT2D eigenvalue weighted by Gasteiger charge is -2.22. The Hall–Kier alpha value is -1.08. The van der Waals surface area contributed by atoms with E-state index in [2.05, 4.69) is 30.1 Å². The fourth-order valence-corrected chi connectivity index (χ4v) is 2.61. The summed E-state index contributed by atoms with van der Waals surface area (Å²) < 4.78 is 0. The zero-order valence-corrected chi connectivity index (χ0v) is 11.7. The molecule has 0 atom stereocenters. The first-order chi connectivity index (χ1) is 8.68. The van der Waals surface area contributed by atoms with E-state index < -0.39 is 5.41 Å². The zero-order chi connectivity index (χ0) is 13.4. The van der Waals surface area contributed by atoms with Crippen molar-refractivity contribution in [2.45, 2.75) is 46.0 Å². The zero-order valence-electron chi connectivity index (χ0n) is 11.7. The molecule has 18 heavy (non-hydrogen) atoms. The second-order valence-corrected chi connectivity index (χ2v) is 5.09. The van der Waals surface area contributed by atoms with E-state index in [1.165, 1.54) is 0 Å². The Balaban J connectivity index is 2.34. The summed E-state index contributed by atoms with van der Waals surface area (Å²) in [7, 11) is 0. The summed E-state index contributed by atoms with van der Waals surface area (Å²) in [5.41, 5.74) is -0.734. The predicted octanol–water partition coefficient (Wildman–Crippen LogP) is 1.92. The van der Waals surface area contributed by atoms with Crippen LogP contribution in [0.15, 0.2) is 0 Å². The Morgan fingerprint density at radius 1 is 1.33 bits per heavy atom. The van der Waals surface area contributed by atoms with Crippen LogP contribution in [0.4, 0.5) is 0 Å². The number of hydrogen-bond acceptors (Lipinski definition) is 3. The number of rotatable bonds is 7. The van der Waals surface area contributed by atoms with Gasteiger partial charge < -0.3 is 10.2 Å². The van der Waals surface area contributed by atoms with Gasteiger partial charge >= 0.3 is 0 Å². The van der Waals surface area contributed by atoms with Crippen LogP contribution < -0.4 is 5.32 Å². The van der Waals surface area contributed by atoms with Gasteiger partial charge in [0.25, 0.3) is 0 Å². The molecule has 0 aliphatic heterocycles. The van der Waals surface area contributed by atoms with Crippen LogP contribution in [0.3, 0.4) is 0 Å². The Bertz CT molecular complexity index is 303. The number of likely N-dealkylation sites (N-methyl/N-ethyl adjacent to an activating group) is 1. The quantitative estimate of drug-likeness (QED) is 0.752. The van der Waals surface area contributed by atoms with E-state index in [1.807, 2.05) is 0 Å². The van der Waals surface area contributed by atoms with Crippen LogP contribution in [0.1, 0.15) is 46.0 Å². The molecule has 4 nitrogen and oxygen atoms in total. The van der Waals surface area contributed by atoms with E-state index in [1.54, 1.807) is 0 Å². The molecule has 0 radical (unpaired) electrons. The van der Waals surface area contributed by atoms with Crippen molar-refractivity contribution in [1.82, 2.24) is 10.2 Å². The molecule has 0 aromatic heterocycles. The van der Waals surface area contributed by atoms with Gasteiger partial charge in [0.15, 0.2) is 0 Å². The van der Waals surface area contributed by atoms with Crippen LogP contribution in [0.25, 0.3) is 0 Å². The summed E-state index contributed by atoms with van der Waals surface area (Å²) in [5.74, 6) is -0.0601. The average molecular weight is 251 g/mol. The molecule has 0 aromatic rings. The van der Waals surface area contributed by atoms with Gasteiger partial charge in [0.05, 0.1) is 6.07 Å². The van der Waals surface area contributed by atoms with Crippen LogP contribution in [0.2, 0.25) is 0 Å². The maximum absolute atomic E-state index is 12.1. The highest BCUT2D eigenvalue weighted by molar-refractivity contribution is 5.85. The van der Waals surface area contributed by atoms with E-state index in [0.29, 0.717) is 6.54 Å². The first-order valence-electron chi connectivity index (χ1n) is 7.10. The van der Waals surface area contributed by atoms with Crippen molar-refractivity contribution in [3.63, 3.8) is 0 Å². The molecule has 0 heterocycles. The lowest BCUT2D eigenvalue weighted by Crippen LogP contribution is -2.42. The summed E-state index contributed by atoms with van der Waals surface area (Å²) in [6, 6.07) is 2.23. The number of carbonyl (C=O) groups excluding carboxylic acids is 1. The predicted molar refractivity (Wildman–Crippen MR) is 71.9 cm³/mol. The van der Waals surface area contributed by atoms with Crippen molar-refractivity contribution in [2.24, 2.45) is 5.41 Å². The molecule has 0 aromatic carbocycles. The minimum Gasteiger partial charge on any atom is -0.353 e. The van der Waals surface area contributed by atoms with Gasteiger partial charge in [-0.2, -0.15) is 5.26 Å². The first kappa shape index (κ1) is 15.0. The lowest BCUT2D eigenvalue weighted by atomic mass is 9.87. The van der Waals surface area contributed by atoms with Crippen molar-refractivity contribution in [1.29, 1.82) is 5.26 Å². The second-order valence-electron chi connectivity index (χ2n) is 5.09. The molecule has 0 bridgehead atoms. The molecule has 102 valence electrons. The highest BCUT2D eigenvalue weighted by Crippen LogP contribution is 2.37. The third-order valence-corrected chi connectivity index (χ3v) is 3.81. The van der Waals surface area contributed by atoms with Crippen LogP contribution in [0, 0.1) is 16.7 Å². The van der Waals surface area contributed by atoms with Gasteiger partial charge in [-0.15, -0.1) is 0 Å². The molecule has 0 unspecified atom stereocenters. The third kappa shape index (κ3) is 3.71. The van der Waals surface area contributed by atoms with Gasteiger partial charge in [-0.25, -0.2) is 0 Å². The van der Waals surface area contributed by atoms with Gasteiger partial charge in [0.1, 0.15) is 5.41 Å². The standard InChI is InChI=1S/C14H25N3O/c1-3-10-17(4-2)11-9-16-13(18)14(12-15)7-5-6-8-14/h3-11H2,1-2H3,(H,16,18). The van der Waals surface area contributed by atoms with Crippen molar-refractivity contribution in [3.05, 3.63) is 0 Å². The Morgan fingerprint density at radius 3 is 2.50 bits per heavy atom. The molecule has 1 fully saturated rings. The summed E-state index contributed by atoms with van der Waals surface area (Å²) in [5, 5.41) is 12.1. The van der Waals surface area contributed by atoms with Crippen molar-refractivity contribution < 1.29 is 4.79 Å². The highest BCUT2D eigenvalue weighted by atomic mass is 16.2. The van der Waals surface area contributed by atoms with E-state index >= 15 is 0 Å². The van der Waals surface area contributed by atoms with Crippen LogP contribution >= 0.6 is 0 Å². The van der Waals surface area contributed by atoms with Gasteiger partial charge in [0.2, 0.25) is 5.91 Å². The molecule has 1 rings (SSSR count). The molecular formula is C14H25N3O. The number of carbonyl (C=O) groups is 1. The maximum Gasteiger partial charge on any atom is 0.240 e. The fraction of sp³-hybridized carbons (Fsp3) is 0.857. The maximum atomic E-state index is 12.1. The van der Waals surface area contributed by atoms with E-state index in [-0.39, 0.29) is 5.91 Å². The fourth-order valence-electron chi connectivity index (χ4n) is 2.61. The molecule has 1 saturated carbocycles.